The topological polar surface area (TPSA) is 34.1 Å². The highest BCUT2D eigenvalue weighted by Crippen LogP contribution is 2.22. The Morgan fingerprint density at radius 3 is 2.52 bits per heavy atom. The number of thiophene rings is 1. The Labute approximate surface area is 173 Å². The second-order valence-corrected chi connectivity index (χ2v) is 7.86. The molecule has 0 atom stereocenters. The summed E-state index contributed by atoms with van der Waals surface area (Å²) >= 11 is 1.83. The van der Waals surface area contributed by atoms with Crippen LogP contribution in [0, 0.1) is 5.92 Å². The standard InChI is InChI=1S/C18H31N5S.HI/c1-19-18(20-8-5-16-6-9-21(2)10-7-16)23-13-11-22(12-14-23)17-4-3-15-24-17;/h3-4,15-16H,5-14H2,1-2H3,(H,19,20);1H. The Morgan fingerprint density at radius 2 is 1.92 bits per heavy atom. The number of anilines is 1. The van der Waals surface area contributed by atoms with Gasteiger partial charge in [-0.15, -0.1) is 35.3 Å². The molecule has 5 nitrogen and oxygen atoms in total. The van der Waals surface area contributed by atoms with Gasteiger partial charge in [0, 0.05) is 39.8 Å². The summed E-state index contributed by atoms with van der Waals surface area (Å²) < 4.78 is 0. The van der Waals surface area contributed by atoms with E-state index in [0.29, 0.717) is 0 Å². The van der Waals surface area contributed by atoms with Crippen LogP contribution in [0.1, 0.15) is 19.3 Å². The van der Waals surface area contributed by atoms with Gasteiger partial charge in [0.15, 0.2) is 5.96 Å². The van der Waals surface area contributed by atoms with Crippen molar-refractivity contribution in [2.24, 2.45) is 10.9 Å². The monoisotopic (exact) mass is 477 g/mol. The molecule has 1 aromatic rings. The highest BCUT2D eigenvalue weighted by atomic mass is 127. The first-order valence-corrected chi connectivity index (χ1v) is 10.1. The van der Waals surface area contributed by atoms with E-state index in [0.717, 1.165) is 44.6 Å². The van der Waals surface area contributed by atoms with E-state index in [1.54, 1.807) is 0 Å². The molecule has 1 N–H and O–H groups in total. The van der Waals surface area contributed by atoms with E-state index < -0.39 is 0 Å². The largest absolute Gasteiger partial charge is 0.360 e. The Bertz CT molecular complexity index is 506. The van der Waals surface area contributed by atoms with E-state index in [9.17, 15) is 0 Å². The number of piperazine rings is 1. The second-order valence-electron chi connectivity index (χ2n) is 6.93. The van der Waals surface area contributed by atoms with Crippen molar-refractivity contribution in [2.75, 3.05) is 64.8 Å². The molecule has 0 amide bonds. The molecule has 1 aromatic heterocycles. The lowest BCUT2D eigenvalue weighted by molar-refractivity contribution is 0.212. The molecule has 2 aliphatic rings. The number of hydrogen-bond acceptors (Lipinski definition) is 4. The molecule has 2 aliphatic heterocycles. The molecular formula is C18H32IN5S. The number of aliphatic imine (C=N–C) groups is 1. The smallest absolute Gasteiger partial charge is 0.193 e. The molecule has 0 unspecified atom stereocenters. The summed E-state index contributed by atoms with van der Waals surface area (Å²) in [6.45, 7) is 7.81. The summed E-state index contributed by atoms with van der Waals surface area (Å²) in [4.78, 5) is 11.8. The first-order valence-electron chi connectivity index (χ1n) is 9.19. The fourth-order valence-electron chi connectivity index (χ4n) is 3.66. The van der Waals surface area contributed by atoms with Crippen LogP contribution in [0.15, 0.2) is 22.5 Å². The van der Waals surface area contributed by atoms with Crippen LogP contribution in [0.4, 0.5) is 5.00 Å². The van der Waals surface area contributed by atoms with Gasteiger partial charge in [0.2, 0.25) is 0 Å². The second kappa shape index (κ2) is 10.6. The lowest BCUT2D eigenvalue weighted by atomic mass is 9.94. The highest BCUT2D eigenvalue weighted by molar-refractivity contribution is 14.0. The van der Waals surface area contributed by atoms with E-state index in [1.807, 2.05) is 18.4 Å². The van der Waals surface area contributed by atoms with Crippen molar-refractivity contribution >= 4 is 46.3 Å². The van der Waals surface area contributed by atoms with Crippen molar-refractivity contribution in [2.45, 2.75) is 19.3 Å². The Balaban J connectivity index is 0.00000225. The van der Waals surface area contributed by atoms with Crippen LogP contribution in [0.5, 0.6) is 0 Å². The number of guanidine groups is 1. The fourth-order valence-corrected chi connectivity index (χ4v) is 4.44. The normalized spacial score (nSPS) is 20.5. The molecule has 0 aromatic carbocycles. The van der Waals surface area contributed by atoms with Crippen molar-refractivity contribution in [1.29, 1.82) is 0 Å². The van der Waals surface area contributed by atoms with Gasteiger partial charge in [0.1, 0.15) is 0 Å². The van der Waals surface area contributed by atoms with Gasteiger partial charge >= 0.3 is 0 Å². The van der Waals surface area contributed by atoms with Gasteiger partial charge in [-0.1, -0.05) is 0 Å². The number of hydrogen-bond donors (Lipinski definition) is 1. The Kier molecular flexibility index (Phi) is 8.78. The predicted octanol–water partition coefficient (Wildman–Crippen LogP) is 2.80. The maximum Gasteiger partial charge on any atom is 0.193 e. The summed E-state index contributed by atoms with van der Waals surface area (Å²) in [5.74, 6) is 1.95. The molecule has 142 valence electrons. The Morgan fingerprint density at radius 1 is 1.20 bits per heavy atom. The van der Waals surface area contributed by atoms with Crippen LogP contribution in [-0.2, 0) is 0 Å². The molecule has 2 fully saturated rings. The number of rotatable bonds is 4. The van der Waals surface area contributed by atoms with E-state index >= 15 is 0 Å². The van der Waals surface area contributed by atoms with Gasteiger partial charge in [-0.05, 0) is 62.8 Å². The maximum absolute atomic E-state index is 4.50. The minimum absolute atomic E-state index is 0. The number of likely N-dealkylation sites (tertiary alicyclic amines) is 1. The van der Waals surface area contributed by atoms with Crippen molar-refractivity contribution in [1.82, 2.24) is 15.1 Å². The third-order valence-corrected chi connectivity index (χ3v) is 6.21. The number of piperidine rings is 1. The van der Waals surface area contributed by atoms with Crippen LogP contribution in [-0.4, -0.2) is 75.7 Å². The summed E-state index contributed by atoms with van der Waals surface area (Å²) in [5.41, 5.74) is 0. The molecule has 3 rings (SSSR count). The molecule has 0 radical (unpaired) electrons. The van der Waals surface area contributed by atoms with Gasteiger partial charge < -0.3 is 20.0 Å². The number of nitrogens with zero attached hydrogens (tertiary/aromatic N) is 4. The van der Waals surface area contributed by atoms with E-state index in [1.165, 1.54) is 37.4 Å². The van der Waals surface area contributed by atoms with Gasteiger partial charge in [0.05, 0.1) is 5.00 Å². The van der Waals surface area contributed by atoms with Gasteiger partial charge in [-0.3, -0.25) is 4.99 Å². The predicted molar refractivity (Wildman–Crippen MR) is 120 cm³/mol. The first kappa shape index (κ1) is 20.8. The van der Waals surface area contributed by atoms with Gasteiger partial charge in [-0.25, -0.2) is 0 Å². The van der Waals surface area contributed by atoms with Crippen LogP contribution >= 0.6 is 35.3 Å². The molecular weight excluding hydrogens is 445 g/mol. The average molecular weight is 477 g/mol. The minimum atomic E-state index is 0. The third kappa shape index (κ3) is 5.99. The summed E-state index contributed by atoms with van der Waals surface area (Å²) in [5, 5.41) is 7.14. The van der Waals surface area contributed by atoms with Crippen molar-refractivity contribution < 1.29 is 0 Å². The highest BCUT2D eigenvalue weighted by Gasteiger charge is 2.21. The SMILES string of the molecule is CN=C(NCCC1CCN(C)CC1)N1CCN(c2cccs2)CC1.I. The third-order valence-electron chi connectivity index (χ3n) is 5.28. The van der Waals surface area contributed by atoms with Crippen LogP contribution in [0.25, 0.3) is 0 Å². The lowest BCUT2D eigenvalue weighted by Crippen LogP contribution is -2.52. The molecule has 0 saturated carbocycles. The lowest BCUT2D eigenvalue weighted by Gasteiger charge is -2.37. The summed E-state index contributed by atoms with van der Waals surface area (Å²) in [6.07, 6.45) is 3.95. The molecule has 2 saturated heterocycles. The zero-order valence-electron chi connectivity index (χ0n) is 15.5. The molecule has 0 bridgehead atoms. The summed E-state index contributed by atoms with van der Waals surface area (Å²) in [7, 11) is 4.13. The quantitative estimate of drug-likeness (QED) is 0.411. The van der Waals surface area contributed by atoms with Crippen molar-refractivity contribution in [3.63, 3.8) is 0 Å². The fraction of sp³-hybridized carbons (Fsp3) is 0.722. The van der Waals surface area contributed by atoms with Gasteiger partial charge in [0.25, 0.3) is 0 Å². The maximum atomic E-state index is 4.50. The van der Waals surface area contributed by atoms with Crippen molar-refractivity contribution in [3.8, 4) is 0 Å². The first-order chi connectivity index (χ1) is 11.8. The van der Waals surface area contributed by atoms with E-state index in [2.05, 4.69) is 49.6 Å². The molecule has 0 spiro atoms. The van der Waals surface area contributed by atoms with Crippen LogP contribution in [0.3, 0.4) is 0 Å². The van der Waals surface area contributed by atoms with E-state index in [4.69, 9.17) is 0 Å². The molecule has 7 heteroatoms. The Hall–Kier alpha value is -0.540. The molecule has 3 heterocycles. The zero-order valence-corrected chi connectivity index (χ0v) is 18.6. The van der Waals surface area contributed by atoms with Crippen LogP contribution in [0.2, 0.25) is 0 Å². The van der Waals surface area contributed by atoms with Crippen LogP contribution < -0.4 is 10.2 Å². The zero-order chi connectivity index (χ0) is 16.8. The summed E-state index contributed by atoms with van der Waals surface area (Å²) in [6, 6.07) is 4.35. The molecule has 25 heavy (non-hydrogen) atoms. The van der Waals surface area contributed by atoms with E-state index in [-0.39, 0.29) is 24.0 Å². The number of nitrogens with one attached hydrogen (secondary N) is 1. The van der Waals surface area contributed by atoms with Gasteiger partial charge in [-0.2, -0.15) is 0 Å². The van der Waals surface area contributed by atoms with Crippen molar-refractivity contribution in [3.05, 3.63) is 17.5 Å². The molecule has 0 aliphatic carbocycles. The minimum Gasteiger partial charge on any atom is -0.360 e. The number of halogens is 1. The average Bonchev–Trinajstić information content (AvgIpc) is 3.15.